The molecule has 0 radical (unpaired) electrons. The molecule has 0 fully saturated rings. The fraction of sp³-hybridized carbons (Fsp3) is 0.571. The minimum Gasteiger partial charge on any atom is -0.464 e. The number of nitriles is 1. The Bertz CT molecular complexity index is 206. The molecule has 0 saturated carbocycles. The number of esters is 1. The Morgan fingerprint density at radius 3 is 2.64 bits per heavy atom. The molecule has 0 aliphatic rings. The molecule has 60 valence electrons. The van der Waals surface area contributed by atoms with Crippen molar-refractivity contribution in [1.29, 1.82) is 5.26 Å². The minimum atomic E-state index is -1.64. The van der Waals surface area contributed by atoms with Gasteiger partial charge in [-0.25, -0.2) is 4.79 Å². The Labute approximate surface area is 64.8 Å². The Hall–Kier alpha value is -1.37. The maximum Gasteiger partial charge on any atom is 0.333 e. The van der Waals surface area contributed by atoms with Crippen LogP contribution >= 0.6 is 0 Å². The molecule has 1 atom stereocenters. The number of carbonyl (C=O) groups is 2. The van der Waals surface area contributed by atoms with Crippen LogP contribution in [0, 0.1) is 16.7 Å². The molecule has 0 spiro atoms. The summed E-state index contributed by atoms with van der Waals surface area (Å²) in [7, 11) is 0. The SMILES string of the molecule is CCOC(=O)C(C)(C#N)C=O. The van der Waals surface area contributed by atoms with Crippen LogP contribution in [0.25, 0.3) is 0 Å². The summed E-state index contributed by atoms with van der Waals surface area (Å²) in [5.41, 5.74) is -1.64. The smallest absolute Gasteiger partial charge is 0.333 e. The lowest BCUT2D eigenvalue weighted by Gasteiger charge is -2.10. The fourth-order valence-corrected chi connectivity index (χ4v) is 0.401. The molecule has 0 aromatic rings. The Kier molecular flexibility index (Phi) is 3.25. The molecule has 0 N–H and O–H groups in total. The molecule has 0 saturated heterocycles. The molecule has 0 aromatic heterocycles. The molecular formula is C7H9NO3. The van der Waals surface area contributed by atoms with Crippen LogP contribution in [-0.4, -0.2) is 18.9 Å². The van der Waals surface area contributed by atoms with Gasteiger partial charge in [-0.2, -0.15) is 5.26 Å². The first-order valence-corrected chi connectivity index (χ1v) is 3.15. The van der Waals surface area contributed by atoms with Crippen molar-refractivity contribution in [3.8, 4) is 6.07 Å². The summed E-state index contributed by atoms with van der Waals surface area (Å²) in [6, 6.07) is 1.57. The zero-order valence-electron chi connectivity index (χ0n) is 6.46. The quantitative estimate of drug-likeness (QED) is 0.333. The van der Waals surface area contributed by atoms with Gasteiger partial charge in [0.2, 0.25) is 5.41 Å². The van der Waals surface area contributed by atoms with Gasteiger partial charge in [0.15, 0.2) is 6.29 Å². The van der Waals surface area contributed by atoms with Crippen molar-refractivity contribution in [3.63, 3.8) is 0 Å². The number of ether oxygens (including phenoxy) is 1. The standard InChI is InChI=1S/C7H9NO3/c1-3-11-6(10)7(2,4-8)5-9/h5H,3H2,1-2H3. The van der Waals surface area contributed by atoms with Gasteiger partial charge in [0.25, 0.3) is 0 Å². The second-order valence-electron chi connectivity index (χ2n) is 2.15. The van der Waals surface area contributed by atoms with E-state index in [0.717, 1.165) is 0 Å². The van der Waals surface area contributed by atoms with Gasteiger partial charge in [-0.1, -0.05) is 0 Å². The average Bonchev–Trinajstić information content (AvgIpc) is 2.03. The van der Waals surface area contributed by atoms with Gasteiger partial charge in [0.1, 0.15) is 0 Å². The molecule has 0 heterocycles. The van der Waals surface area contributed by atoms with E-state index >= 15 is 0 Å². The molecule has 4 nitrogen and oxygen atoms in total. The van der Waals surface area contributed by atoms with Crippen molar-refractivity contribution in [2.24, 2.45) is 5.41 Å². The molecule has 1 unspecified atom stereocenters. The number of aldehydes is 1. The molecular weight excluding hydrogens is 146 g/mol. The van der Waals surface area contributed by atoms with E-state index in [1.54, 1.807) is 13.0 Å². The average molecular weight is 155 g/mol. The monoisotopic (exact) mass is 155 g/mol. The maximum atomic E-state index is 10.9. The van der Waals surface area contributed by atoms with Crippen LogP contribution in [0.3, 0.4) is 0 Å². The van der Waals surface area contributed by atoms with E-state index in [0.29, 0.717) is 0 Å². The van der Waals surface area contributed by atoms with Gasteiger partial charge in [0, 0.05) is 0 Å². The van der Waals surface area contributed by atoms with Gasteiger partial charge in [-0.3, -0.25) is 0 Å². The van der Waals surface area contributed by atoms with Gasteiger partial charge < -0.3 is 9.53 Å². The van der Waals surface area contributed by atoms with Crippen molar-refractivity contribution >= 4 is 12.3 Å². The third kappa shape index (κ3) is 2.04. The highest BCUT2D eigenvalue weighted by Gasteiger charge is 2.34. The maximum absolute atomic E-state index is 10.9. The van der Waals surface area contributed by atoms with E-state index in [1.165, 1.54) is 6.92 Å². The lowest BCUT2D eigenvalue weighted by molar-refractivity contribution is -0.152. The number of rotatable bonds is 3. The normalized spacial score (nSPS) is 14.3. The first-order chi connectivity index (χ1) is 5.10. The molecule has 0 aliphatic carbocycles. The summed E-state index contributed by atoms with van der Waals surface area (Å²) in [5, 5.41) is 8.40. The zero-order chi connectivity index (χ0) is 8.91. The minimum absolute atomic E-state index is 0.171. The lowest BCUT2D eigenvalue weighted by atomic mass is 9.96. The predicted molar refractivity (Wildman–Crippen MR) is 36.4 cm³/mol. The van der Waals surface area contributed by atoms with Gasteiger partial charge in [-0.15, -0.1) is 0 Å². The van der Waals surface area contributed by atoms with Crippen LogP contribution in [-0.2, 0) is 14.3 Å². The highest BCUT2D eigenvalue weighted by Crippen LogP contribution is 2.12. The van der Waals surface area contributed by atoms with Crippen LogP contribution in [0.5, 0.6) is 0 Å². The van der Waals surface area contributed by atoms with Crippen LogP contribution in [0.15, 0.2) is 0 Å². The first-order valence-electron chi connectivity index (χ1n) is 3.15. The van der Waals surface area contributed by atoms with E-state index < -0.39 is 11.4 Å². The first kappa shape index (κ1) is 9.63. The molecule has 11 heavy (non-hydrogen) atoms. The zero-order valence-corrected chi connectivity index (χ0v) is 6.46. The van der Waals surface area contributed by atoms with Crippen LogP contribution < -0.4 is 0 Å². The summed E-state index contributed by atoms with van der Waals surface area (Å²) < 4.78 is 4.50. The highest BCUT2D eigenvalue weighted by molar-refractivity contribution is 5.95. The summed E-state index contributed by atoms with van der Waals surface area (Å²) in [5.74, 6) is -0.794. The summed E-state index contributed by atoms with van der Waals surface area (Å²) in [6.45, 7) is 3.00. The molecule has 0 aliphatic heterocycles. The third-order valence-electron chi connectivity index (χ3n) is 1.17. The molecule has 0 bridgehead atoms. The number of hydrogen-bond acceptors (Lipinski definition) is 4. The Balaban J connectivity index is 4.41. The molecule has 4 heteroatoms. The van der Waals surface area contributed by atoms with Gasteiger partial charge in [-0.05, 0) is 13.8 Å². The number of carbonyl (C=O) groups excluding carboxylic acids is 2. The molecule has 0 rings (SSSR count). The van der Waals surface area contributed by atoms with Crippen molar-refractivity contribution in [3.05, 3.63) is 0 Å². The second kappa shape index (κ2) is 3.71. The summed E-state index contributed by atoms with van der Waals surface area (Å²) >= 11 is 0. The van der Waals surface area contributed by atoms with E-state index in [1.807, 2.05) is 0 Å². The highest BCUT2D eigenvalue weighted by atomic mass is 16.5. The topological polar surface area (TPSA) is 67.2 Å². The Morgan fingerprint density at radius 2 is 2.36 bits per heavy atom. The predicted octanol–water partition coefficient (Wildman–Crippen LogP) is 0.278. The van der Waals surface area contributed by atoms with Crippen LogP contribution in [0.2, 0.25) is 0 Å². The van der Waals surface area contributed by atoms with Crippen molar-refractivity contribution < 1.29 is 14.3 Å². The van der Waals surface area contributed by atoms with E-state index in [2.05, 4.69) is 4.74 Å². The van der Waals surface area contributed by atoms with Gasteiger partial charge >= 0.3 is 5.97 Å². The summed E-state index contributed by atoms with van der Waals surface area (Å²) in [4.78, 5) is 21.1. The van der Waals surface area contributed by atoms with Crippen LogP contribution in [0.1, 0.15) is 13.8 Å². The largest absolute Gasteiger partial charge is 0.464 e. The van der Waals surface area contributed by atoms with Crippen molar-refractivity contribution in [2.45, 2.75) is 13.8 Å². The summed E-state index contributed by atoms with van der Waals surface area (Å²) in [6.07, 6.45) is 0.283. The van der Waals surface area contributed by atoms with Crippen LogP contribution in [0.4, 0.5) is 0 Å². The lowest BCUT2D eigenvalue weighted by Crippen LogP contribution is -2.29. The number of nitrogens with zero attached hydrogens (tertiary/aromatic N) is 1. The second-order valence-corrected chi connectivity index (χ2v) is 2.15. The number of hydrogen-bond donors (Lipinski definition) is 0. The van der Waals surface area contributed by atoms with Crippen molar-refractivity contribution in [1.82, 2.24) is 0 Å². The van der Waals surface area contributed by atoms with E-state index in [9.17, 15) is 9.59 Å². The molecule has 0 aromatic carbocycles. The fourth-order valence-electron chi connectivity index (χ4n) is 0.401. The van der Waals surface area contributed by atoms with E-state index in [4.69, 9.17) is 5.26 Å². The van der Waals surface area contributed by atoms with Crippen molar-refractivity contribution in [2.75, 3.05) is 6.61 Å². The van der Waals surface area contributed by atoms with Gasteiger partial charge in [0.05, 0.1) is 12.7 Å². The van der Waals surface area contributed by atoms with E-state index in [-0.39, 0.29) is 12.9 Å². The molecule has 0 amide bonds. The Morgan fingerprint density at radius 1 is 1.82 bits per heavy atom. The third-order valence-corrected chi connectivity index (χ3v) is 1.17.